The van der Waals surface area contributed by atoms with E-state index in [9.17, 15) is 0 Å². The van der Waals surface area contributed by atoms with Crippen LogP contribution < -0.4 is 10.6 Å². The van der Waals surface area contributed by atoms with Crippen LogP contribution in [-0.2, 0) is 31.3 Å². The Balaban J connectivity index is 0.00000300. The van der Waals surface area contributed by atoms with Crippen molar-refractivity contribution in [3.63, 3.8) is 0 Å². The highest BCUT2D eigenvalue weighted by Crippen LogP contribution is 2.22. The maximum Gasteiger partial charge on any atom is 0.191 e. The number of rotatable bonds is 6. The molecule has 0 saturated heterocycles. The van der Waals surface area contributed by atoms with Crippen molar-refractivity contribution in [2.75, 3.05) is 13.1 Å². The summed E-state index contributed by atoms with van der Waals surface area (Å²) in [6.45, 7) is 12.1. The highest BCUT2D eigenvalue weighted by Gasteiger charge is 2.15. The quantitative estimate of drug-likeness (QED) is 0.352. The minimum absolute atomic E-state index is 0. The molecule has 160 valence electrons. The molecule has 2 heterocycles. The second-order valence-corrected chi connectivity index (χ2v) is 8.46. The Morgan fingerprint density at radius 1 is 1.10 bits per heavy atom. The fourth-order valence-corrected chi connectivity index (χ4v) is 3.47. The van der Waals surface area contributed by atoms with Crippen molar-refractivity contribution < 1.29 is 0 Å². The van der Waals surface area contributed by atoms with Gasteiger partial charge in [0.15, 0.2) is 11.8 Å². The minimum Gasteiger partial charge on any atom is -0.357 e. The van der Waals surface area contributed by atoms with E-state index in [1.807, 2.05) is 0 Å². The molecule has 6 nitrogen and oxygen atoms in total. The van der Waals surface area contributed by atoms with E-state index in [1.165, 1.54) is 24.0 Å². The average molecular weight is 510 g/mol. The first-order chi connectivity index (χ1) is 13.5. The zero-order chi connectivity index (χ0) is 20.0. The Labute approximate surface area is 192 Å². The van der Waals surface area contributed by atoms with Crippen LogP contribution in [0.3, 0.4) is 0 Å². The number of hydrogen-bond donors (Lipinski definition) is 2. The molecule has 1 aliphatic rings. The molecule has 0 fully saturated rings. The van der Waals surface area contributed by atoms with Gasteiger partial charge in [-0.05, 0) is 42.7 Å². The lowest BCUT2D eigenvalue weighted by atomic mass is 9.86. The Morgan fingerprint density at radius 3 is 2.55 bits per heavy atom. The van der Waals surface area contributed by atoms with Gasteiger partial charge in [0.1, 0.15) is 12.4 Å². The molecule has 0 radical (unpaired) electrons. The lowest BCUT2D eigenvalue weighted by Crippen LogP contribution is -2.38. The largest absolute Gasteiger partial charge is 0.357 e. The van der Waals surface area contributed by atoms with Crippen LogP contribution in [0.15, 0.2) is 29.3 Å². The summed E-state index contributed by atoms with van der Waals surface area (Å²) in [6.07, 6.45) is 4.41. The summed E-state index contributed by atoms with van der Waals surface area (Å²) in [5, 5.41) is 15.4. The van der Waals surface area contributed by atoms with Gasteiger partial charge in [-0.15, -0.1) is 34.2 Å². The van der Waals surface area contributed by atoms with E-state index >= 15 is 0 Å². The number of benzene rings is 1. The first-order valence-electron chi connectivity index (χ1n) is 10.5. The molecule has 1 aromatic heterocycles. The van der Waals surface area contributed by atoms with Crippen molar-refractivity contribution >= 4 is 29.9 Å². The van der Waals surface area contributed by atoms with Gasteiger partial charge in [-0.25, -0.2) is 4.99 Å². The number of aryl methyl sites for hydroxylation is 1. The number of nitrogens with zero attached hydrogens (tertiary/aromatic N) is 4. The number of hydrogen-bond acceptors (Lipinski definition) is 3. The van der Waals surface area contributed by atoms with Gasteiger partial charge < -0.3 is 15.2 Å². The van der Waals surface area contributed by atoms with E-state index in [1.54, 1.807) is 0 Å². The third-order valence-electron chi connectivity index (χ3n) is 5.19. The highest BCUT2D eigenvalue weighted by molar-refractivity contribution is 14.0. The van der Waals surface area contributed by atoms with Crippen molar-refractivity contribution in [1.29, 1.82) is 0 Å². The molecule has 0 unspecified atom stereocenters. The lowest BCUT2D eigenvalue weighted by Gasteiger charge is -2.19. The van der Waals surface area contributed by atoms with Crippen molar-refractivity contribution in [1.82, 2.24) is 25.4 Å². The molecule has 7 heteroatoms. The smallest absolute Gasteiger partial charge is 0.191 e. The van der Waals surface area contributed by atoms with Crippen LogP contribution >= 0.6 is 24.0 Å². The molecular weight excluding hydrogens is 475 g/mol. The molecule has 0 atom stereocenters. The van der Waals surface area contributed by atoms with Gasteiger partial charge in [0.2, 0.25) is 0 Å². The van der Waals surface area contributed by atoms with E-state index in [-0.39, 0.29) is 29.4 Å². The number of aliphatic imine (C=N–C) groups is 1. The Morgan fingerprint density at radius 2 is 1.86 bits per heavy atom. The van der Waals surface area contributed by atoms with Gasteiger partial charge in [-0.3, -0.25) is 0 Å². The lowest BCUT2D eigenvalue weighted by molar-refractivity contribution is 0.508. The van der Waals surface area contributed by atoms with Crippen LogP contribution in [0.25, 0.3) is 0 Å². The average Bonchev–Trinajstić information content (AvgIpc) is 3.09. The molecule has 1 aromatic carbocycles. The number of nitrogens with one attached hydrogen (secondary N) is 2. The Bertz CT molecular complexity index is 789. The summed E-state index contributed by atoms with van der Waals surface area (Å²) >= 11 is 0. The van der Waals surface area contributed by atoms with E-state index in [0.717, 1.165) is 50.1 Å². The summed E-state index contributed by atoms with van der Waals surface area (Å²) in [5.74, 6) is 2.90. The van der Waals surface area contributed by atoms with E-state index in [2.05, 4.69) is 77.4 Å². The molecule has 0 bridgehead atoms. The molecule has 3 rings (SSSR count). The molecule has 0 amide bonds. The van der Waals surface area contributed by atoms with Crippen molar-refractivity contribution in [3.05, 3.63) is 47.0 Å². The number of aromatic nitrogens is 3. The first kappa shape index (κ1) is 23.6. The topological polar surface area (TPSA) is 67.1 Å². The Hall–Kier alpha value is -1.64. The predicted octanol–water partition coefficient (Wildman–Crippen LogP) is 3.83. The third-order valence-corrected chi connectivity index (χ3v) is 5.19. The van der Waals surface area contributed by atoms with Crippen LogP contribution in [-0.4, -0.2) is 33.8 Å². The van der Waals surface area contributed by atoms with Crippen molar-refractivity contribution in [3.8, 4) is 0 Å². The second kappa shape index (κ2) is 10.9. The van der Waals surface area contributed by atoms with Crippen molar-refractivity contribution in [2.24, 2.45) is 4.99 Å². The minimum atomic E-state index is 0. The zero-order valence-electron chi connectivity index (χ0n) is 18.2. The SMILES string of the molecule is CCNC(=NCc1nnc2n1CCCC2)NCCc1ccc(C(C)(C)C)cc1.I. The molecule has 0 aliphatic carbocycles. The van der Waals surface area contributed by atoms with Gasteiger partial charge >= 0.3 is 0 Å². The molecule has 1 aliphatic heterocycles. The Kier molecular flexibility index (Phi) is 8.92. The predicted molar refractivity (Wildman–Crippen MR) is 130 cm³/mol. The summed E-state index contributed by atoms with van der Waals surface area (Å²) in [4.78, 5) is 4.71. The molecule has 2 aromatic rings. The zero-order valence-corrected chi connectivity index (χ0v) is 20.5. The van der Waals surface area contributed by atoms with Gasteiger partial charge in [0.05, 0.1) is 0 Å². The van der Waals surface area contributed by atoms with Gasteiger partial charge in [-0.1, -0.05) is 45.0 Å². The molecule has 0 spiro atoms. The maximum absolute atomic E-state index is 4.71. The molecule has 29 heavy (non-hydrogen) atoms. The standard InChI is InChI=1S/C22H34N6.HI/c1-5-23-21(25-16-20-27-26-19-8-6-7-15-28(19)20)24-14-13-17-9-11-18(12-10-17)22(2,3)4;/h9-12H,5-8,13-16H2,1-4H3,(H2,23,24,25);1H. The third kappa shape index (κ3) is 6.69. The van der Waals surface area contributed by atoms with Gasteiger partial charge in [-0.2, -0.15) is 0 Å². The van der Waals surface area contributed by atoms with Crippen LogP contribution in [0, 0.1) is 0 Å². The number of guanidine groups is 1. The number of fused-ring (bicyclic) bond motifs is 1. The van der Waals surface area contributed by atoms with E-state index in [4.69, 9.17) is 4.99 Å². The van der Waals surface area contributed by atoms with Crippen LogP contribution in [0.4, 0.5) is 0 Å². The van der Waals surface area contributed by atoms with E-state index < -0.39 is 0 Å². The summed E-state index contributed by atoms with van der Waals surface area (Å²) in [7, 11) is 0. The summed E-state index contributed by atoms with van der Waals surface area (Å²) in [5.41, 5.74) is 2.90. The second-order valence-electron chi connectivity index (χ2n) is 8.46. The summed E-state index contributed by atoms with van der Waals surface area (Å²) in [6, 6.07) is 8.94. The molecular formula is C22H35IN6. The molecule has 2 N–H and O–H groups in total. The monoisotopic (exact) mass is 510 g/mol. The normalized spacial score (nSPS) is 14.1. The van der Waals surface area contributed by atoms with Crippen LogP contribution in [0.5, 0.6) is 0 Å². The van der Waals surface area contributed by atoms with Gasteiger partial charge in [0, 0.05) is 26.1 Å². The molecule has 0 saturated carbocycles. The van der Waals surface area contributed by atoms with Crippen LogP contribution in [0.1, 0.15) is 63.3 Å². The number of halogens is 1. The van der Waals surface area contributed by atoms with Crippen molar-refractivity contribution in [2.45, 2.75) is 71.9 Å². The highest BCUT2D eigenvalue weighted by atomic mass is 127. The fraction of sp³-hybridized carbons (Fsp3) is 0.591. The van der Waals surface area contributed by atoms with Gasteiger partial charge in [0.25, 0.3) is 0 Å². The summed E-state index contributed by atoms with van der Waals surface area (Å²) < 4.78 is 2.23. The first-order valence-corrected chi connectivity index (χ1v) is 10.5. The maximum atomic E-state index is 4.71. The fourth-order valence-electron chi connectivity index (χ4n) is 3.47. The van der Waals surface area contributed by atoms with E-state index in [0.29, 0.717) is 6.54 Å². The van der Waals surface area contributed by atoms with Crippen LogP contribution in [0.2, 0.25) is 0 Å².